The molecule has 0 fully saturated rings. The van der Waals surface area contributed by atoms with Crippen LogP contribution in [0.25, 0.3) is 11.4 Å². The fraction of sp³-hybridized carbons (Fsp3) is 0.533. The minimum atomic E-state index is 0.285. The number of aromatic nitrogens is 4. The van der Waals surface area contributed by atoms with Gasteiger partial charge in [-0.25, -0.2) is 4.68 Å². The first-order valence-corrected chi connectivity index (χ1v) is 7.17. The summed E-state index contributed by atoms with van der Waals surface area (Å²) >= 11 is 0. The fourth-order valence-electron chi connectivity index (χ4n) is 2.34. The monoisotopic (exact) mass is 273 g/mol. The lowest BCUT2D eigenvalue weighted by Crippen LogP contribution is -2.12. The van der Waals surface area contributed by atoms with Crippen LogP contribution in [0.3, 0.4) is 0 Å². The van der Waals surface area contributed by atoms with Crippen molar-refractivity contribution in [2.24, 2.45) is 5.92 Å². The third-order valence-corrected chi connectivity index (χ3v) is 3.88. The van der Waals surface area contributed by atoms with E-state index in [2.05, 4.69) is 36.3 Å². The van der Waals surface area contributed by atoms with Crippen LogP contribution in [0.5, 0.6) is 0 Å². The van der Waals surface area contributed by atoms with Gasteiger partial charge in [0.1, 0.15) is 0 Å². The van der Waals surface area contributed by atoms with E-state index in [9.17, 15) is 0 Å². The molecule has 1 aromatic carbocycles. The number of aryl methyl sites for hydroxylation is 1. The molecule has 0 amide bonds. The van der Waals surface area contributed by atoms with Gasteiger partial charge in [-0.1, -0.05) is 20.3 Å². The highest BCUT2D eigenvalue weighted by Gasteiger charge is 2.16. The van der Waals surface area contributed by atoms with Gasteiger partial charge in [-0.15, -0.1) is 5.10 Å². The SMILES string of the molecule is CCC(C)CC(C)n1nnnc1-c1ccc(N)c(C)c1. The number of nitrogens with two attached hydrogens (primary N) is 1. The summed E-state index contributed by atoms with van der Waals surface area (Å²) in [6.45, 7) is 8.63. The minimum Gasteiger partial charge on any atom is -0.399 e. The first kappa shape index (κ1) is 14.5. The maximum Gasteiger partial charge on any atom is 0.182 e. The highest BCUT2D eigenvalue weighted by atomic mass is 15.5. The standard InChI is InChI=1S/C15H23N5/c1-5-10(2)8-12(4)20-15(17-18-19-20)13-6-7-14(16)11(3)9-13/h6-7,9-10,12H,5,8,16H2,1-4H3. The quantitative estimate of drug-likeness (QED) is 0.849. The van der Waals surface area contributed by atoms with E-state index >= 15 is 0 Å². The maximum absolute atomic E-state index is 5.87. The van der Waals surface area contributed by atoms with Crippen molar-refractivity contribution in [2.75, 3.05) is 5.73 Å². The topological polar surface area (TPSA) is 69.6 Å². The molecule has 1 heterocycles. The lowest BCUT2D eigenvalue weighted by atomic mass is 10.0. The number of anilines is 1. The predicted octanol–water partition coefficient (Wildman–Crippen LogP) is 3.23. The smallest absolute Gasteiger partial charge is 0.182 e. The Morgan fingerprint density at radius 3 is 2.70 bits per heavy atom. The van der Waals surface area contributed by atoms with Gasteiger partial charge in [0.2, 0.25) is 0 Å². The summed E-state index contributed by atoms with van der Waals surface area (Å²) in [5, 5.41) is 12.2. The Kier molecular flexibility index (Phi) is 4.37. The van der Waals surface area contributed by atoms with Crippen molar-refractivity contribution < 1.29 is 0 Å². The molecule has 0 saturated carbocycles. The second-order valence-electron chi connectivity index (χ2n) is 5.62. The summed E-state index contributed by atoms with van der Waals surface area (Å²) in [6.07, 6.45) is 2.24. The first-order valence-electron chi connectivity index (χ1n) is 7.17. The Morgan fingerprint density at radius 2 is 2.05 bits per heavy atom. The molecule has 0 spiro atoms. The van der Waals surface area contributed by atoms with Crippen LogP contribution < -0.4 is 5.73 Å². The highest BCUT2D eigenvalue weighted by molar-refractivity contribution is 5.61. The van der Waals surface area contributed by atoms with Crippen LogP contribution >= 0.6 is 0 Å². The van der Waals surface area contributed by atoms with Crippen LogP contribution in [-0.2, 0) is 0 Å². The molecule has 0 radical (unpaired) electrons. The predicted molar refractivity (Wildman–Crippen MR) is 81.2 cm³/mol. The minimum absolute atomic E-state index is 0.285. The lowest BCUT2D eigenvalue weighted by Gasteiger charge is -2.17. The zero-order valence-corrected chi connectivity index (χ0v) is 12.7. The molecule has 0 aliphatic rings. The Hall–Kier alpha value is -1.91. The third-order valence-electron chi connectivity index (χ3n) is 3.88. The van der Waals surface area contributed by atoms with E-state index < -0.39 is 0 Å². The van der Waals surface area contributed by atoms with Gasteiger partial charge in [0.05, 0.1) is 6.04 Å². The van der Waals surface area contributed by atoms with E-state index in [1.54, 1.807) is 0 Å². The van der Waals surface area contributed by atoms with E-state index in [1.165, 1.54) is 6.42 Å². The third kappa shape index (κ3) is 2.98. The van der Waals surface area contributed by atoms with Crippen molar-refractivity contribution in [3.05, 3.63) is 23.8 Å². The number of rotatable bonds is 5. The molecule has 0 aliphatic carbocycles. The summed E-state index contributed by atoms with van der Waals surface area (Å²) in [5.41, 5.74) is 8.72. The number of nitrogen functional groups attached to an aromatic ring is 1. The molecular formula is C15H23N5. The van der Waals surface area contributed by atoms with Crippen LogP contribution in [0.2, 0.25) is 0 Å². The summed E-state index contributed by atoms with van der Waals surface area (Å²) < 4.78 is 1.91. The molecule has 5 heteroatoms. The normalized spacial score (nSPS) is 14.2. The van der Waals surface area contributed by atoms with E-state index in [1.807, 2.05) is 29.8 Å². The highest BCUT2D eigenvalue weighted by Crippen LogP contribution is 2.26. The van der Waals surface area contributed by atoms with Crippen molar-refractivity contribution in [1.29, 1.82) is 0 Å². The number of hydrogen-bond acceptors (Lipinski definition) is 4. The number of benzene rings is 1. The zero-order chi connectivity index (χ0) is 14.7. The van der Waals surface area contributed by atoms with Gasteiger partial charge in [0.15, 0.2) is 5.82 Å². The maximum atomic E-state index is 5.87. The Labute approximate surface area is 120 Å². The summed E-state index contributed by atoms with van der Waals surface area (Å²) in [6, 6.07) is 6.20. The molecular weight excluding hydrogens is 250 g/mol. The van der Waals surface area contributed by atoms with Crippen molar-refractivity contribution in [1.82, 2.24) is 20.2 Å². The van der Waals surface area contributed by atoms with Crippen molar-refractivity contribution in [3.63, 3.8) is 0 Å². The number of nitrogens with zero attached hydrogens (tertiary/aromatic N) is 4. The first-order chi connectivity index (χ1) is 9.52. The van der Waals surface area contributed by atoms with Gasteiger partial charge >= 0.3 is 0 Å². The van der Waals surface area contributed by atoms with E-state index in [4.69, 9.17) is 5.73 Å². The lowest BCUT2D eigenvalue weighted by molar-refractivity contribution is 0.371. The molecule has 2 aromatic rings. The van der Waals surface area contributed by atoms with Gasteiger partial charge in [-0.2, -0.15) is 0 Å². The molecule has 2 N–H and O–H groups in total. The molecule has 1 aromatic heterocycles. The average Bonchev–Trinajstić information content (AvgIpc) is 2.91. The van der Waals surface area contributed by atoms with Gasteiger partial charge in [0.25, 0.3) is 0 Å². The summed E-state index contributed by atoms with van der Waals surface area (Å²) in [5.74, 6) is 1.47. The van der Waals surface area contributed by atoms with Crippen LogP contribution in [0, 0.1) is 12.8 Å². The Bertz CT molecular complexity index is 575. The van der Waals surface area contributed by atoms with Crippen molar-refractivity contribution in [3.8, 4) is 11.4 Å². The van der Waals surface area contributed by atoms with Crippen LogP contribution in [0.4, 0.5) is 5.69 Å². The van der Waals surface area contributed by atoms with Gasteiger partial charge in [-0.05, 0) is 60.4 Å². The summed E-state index contributed by atoms with van der Waals surface area (Å²) in [4.78, 5) is 0. The van der Waals surface area contributed by atoms with Gasteiger partial charge in [-0.3, -0.25) is 0 Å². The Morgan fingerprint density at radius 1 is 1.30 bits per heavy atom. The van der Waals surface area contributed by atoms with Crippen LogP contribution in [-0.4, -0.2) is 20.2 Å². The second kappa shape index (κ2) is 6.03. The molecule has 20 heavy (non-hydrogen) atoms. The Balaban J connectivity index is 2.30. The average molecular weight is 273 g/mol. The summed E-state index contributed by atoms with van der Waals surface area (Å²) in [7, 11) is 0. The van der Waals surface area contributed by atoms with Crippen LogP contribution in [0.1, 0.15) is 45.2 Å². The van der Waals surface area contributed by atoms with Gasteiger partial charge < -0.3 is 5.73 Å². The van der Waals surface area contributed by atoms with E-state index in [-0.39, 0.29) is 6.04 Å². The molecule has 5 nitrogen and oxygen atoms in total. The molecule has 2 unspecified atom stereocenters. The zero-order valence-electron chi connectivity index (χ0n) is 12.7. The number of hydrogen-bond donors (Lipinski definition) is 1. The second-order valence-corrected chi connectivity index (χ2v) is 5.62. The molecule has 2 atom stereocenters. The van der Waals surface area contributed by atoms with E-state index in [0.717, 1.165) is 29.1 Å². The molecule has 2 rings (SSSR count). The molecule has 0 aliphatic heterocycles. The largest absolute Gasteiger partial charge is 0.399 e. The molecule has 108 valence electrons. The fourth-order valence-corrected chi connectivity index (χ4v) is 2.34. The van der Waals surface area contributed by atoms with Crippen LogP contribution in [0.15, 0.2) is 18.2 Å². The van der Waals surface area contributed by atoms with Crippen molar-refractivity contribution in [2.45, 2.75) is 46.6 Å². The molecule has 0 bridgehead atoms. The van der Waals surface area contributed by atoms with Crippen molar-refractivity contribution >= 4 is 5.69 Å². The molecule has 0 saturated heterocycles. The number of tetrazole rings is 1. The van der Waals surface area contributed by atoms with E-state index in [0.29, 0.717) is 5.92 Å². The van der Waals surface area contributed by atoms with Gasteiger partial charge in [0, 0.05) is 11.3 Å².